The van der Waals surface area contributed by atoms with Crippen LogP contribution in [0.15, 0.2) is 24.5 Å². The zero-order valence-corrected chi connectivity index (χ0v) is 13.8. The molecule has 2 aromatic heterocycles. The van der Waals surface area contributed by atoms with Crippen LogP contribution in [-0.2, 0) is 9.53 Å². The first kappa shape index (κ1) is 16.3. The van der Waals surface area contributed by atoms with E-state index in [1.54, 1.807) is 18.5 Å². The van der Waals surface area contributed by atoms with Gasteiger partial charge in [0.25, 0.3) is 0 Å². The molecule has 8 heteroatoms. The van der Waals surface area contributed by atoms with Crippen molar-refractivity contribution in [3.05, 3.63) is 36.0 Å². The first-order chi connectivity index (χ1) is 11.7. The predicted octanol–water partition coefficient (Wildman–Crippen LogP) is 1.63. The first-order valence-electron chi connectivity index (χ1n) is 7.85. The molecule has 0 radical (unpaired) electrons. The molecule has 0 aliphatic carbocycles. The van der Waals surface area contributed by atoms with Crippen LogP contribution < -0.4 is 5.32 Å². The van der Waals surface area contributed by atoms with Crippen LogP contribution in [-0.4, -0.2) is 51.0 Å². The number of nitrogens with one attached hydrogen (secondary N) is 1. The van der Waals surface area contributed by atoms with Crippen LogP contribution in [0.3, 0.4) is 0 Å². The van der Waals surface area contributed by atoms with Crippen LogP contribution in [0.5, 0.6) is 0 Å². The number of anilines is 2. The van der Waals surface area contributed by atoms with E-state index in [1.165, 1.54) is 7.11 Å². The molecular weight excluding hydrogens is 308 g/mol. The number of hydrogen-bond donors (Lipinski definition) is 1. The van der Waals surface area contributed by atoms with E-state index < -0.39 is 0 Å². The average Bonchev–Trinajstić information content (AvgIpc) is 3.05. The van der Waals surface area contributed by atoms with Gasteiger partial charge in [0, 0.05) is 32.1 Å². The Kier molecular flexibility index (Phi) is 4.95. The van der Waals surface area contributed by atoms with E-state index in [1.807, 2.05) is 17.9 Å². The minimum absolute atomic E-state index is 0.0165. The third kappa shape index (κ3) is 3.65. The third-order valence-corrected chi connectivity index (χ3v) is 3.85. The number of carbonyl (C=O) groups excluding carboxylic acids is 1. The van der Waals surface area contributed by atoms with Gasteiger partial charge in [-0.05, 0) is 25.8 Å². The Hall–Kier alpha value is -2.61. The summed E-state index contributed by atoms with van der Waals surface area (Å²) < 4.78 is 4.97. The summed E-state index contributed by atoms with van der Waals surface area (Å²) in [5.74, 6) is 1.71. The minimum Gasteiger partial charge on any atom is -0.375 e. The fraction of sp³-hybridized carbons (Fsp3) is 0.438. The Morgan fingerprint density at radius 1 is 1.38 bits per heavy atom. The van der Waals surface area contributed by atoms with E-state index in [4.69, 9.17) is 4.74 Å². The van der Waals surface area contributed by atoms with Crippen molar-refractivity contribution in [1.29, 1.82) is 0 Å². The highest BCUT2D eigenvalue weighted by molar-refractivity contribution is 5.78. The van der Waals surface area contributed by atoms with Gasteiger partial charge in [-0.25, -0.2) is 19.9 Å². The zero-order chi connectivity index (χ0) is 16.9. The van der Waals surface area contributed by atoms with Gasteiger partial charge in [0.15, 0.2) is 0 Å². The van der Waals surface area contributed by atoms with Crippen molar-refractivity contribution in [2.75, 3.05) is 25.6 Å². The maximum Gasteiger partial charge on any atom is 0.249 e. The second-order valence-electron chi connectivity index (χ2n) is 5.60. The maximum atomic E-state index is 12.2. The fourth-order valence-electron chi connectivity index (χ4n) is 2.88. The van der Waals surface area contributed by atoms with Crippen LogP contribution in [0, 0.1) is 6.92 Å². The molecule has 0 unspecified atom stereocenters. The van der Waals surface area contributed by atoms with Gasteiger partial charge in [-0.2, -0.15) is 0 Å². The molecule has 0 bridgehead atoms. The van der Waals surface area contributed by atoms with E-state index in [0.29, 0.717) is 17.6 Å². The molecular formula is C16H20N6O2. The van der Waals surface area contributed by atoms with E-state index >= 15 is 0 Å². The second-order valence-corrected chi connectivity index (χ2v) is 5.60. The summed E-state index contributed by atoms with van der Waals surface area (Å²) in [5.41, 5.74) is 0.822. The van der Waals surface area contributed by atoms with E-state index in [9.17, 15) is 4.79 Å². The number of nitrogens with zero attached hydrogens (tertiary/aromatic N) is 5. The second kappa shape index (κ2) is 7.31. The van der Waals surface area contributed by atoms with Crippen LogP contribution in [0.1, 0.15) is 30.4 Å². The lowest BCUT2D eigenvalue weighted by molar-refractivity contribution is -0.136. The van der Waals surface area contributed by atoms with Crippen LogP contribution in [0.4, 0.5) is 11.8 Å². The summed E-state index contributed by atoms with van der Waals surface area (Å²) in [6, 6.07) is 3.55. The van der Waals surface area contributed by atoms with E-state index in [-0.39, 0.29) is 18.6 Å². The fourth-order valence-corrected chi connectivity index (χ4v) is 2.88. The van der Waals surface area contributed by atoms with Gasteiger partial charge >= 0.3 is 0 Å². The van der Waals surface area contributed by atoms with Gasteiger partial charge in [-0.3, -0.25) is 4.79 Å². The number of ether oxygens (including phenoxy) is 1. The third-order valence-electron chi connectivity index (χ3n) is 3.85. The SMILES string of the molecule is COCC(=O)N1CCC[C@H]1c1cc(Nc2ncccn2)nc(C)n1. The number of likely N-dealkylation sites (tertiary alicyclic amines) is 1. The number of aryl methyl sites for hydroxylation is 1. The van der Waals surface area contributed by atoms with Crippen molar-refractivity contribution in [3.8, 4) is 0 Å². The number of carbonyl (C=O) groups is 1. The predicted molar refractivity (Wildman–Crippen MR) is 87.6 cm³/mol. The molecule has 1 amide bonds. The molecule has 8 nitrogen and oxygen atoms in total. The highest BCUT2D eigenvalue weighted by Gasteiger charge is 2.31. The number of methoxy groups -OCH3 is 1. The molecule has 24 heavy (non-hydrogen) atoms. The number of amides is 1. The lowest BCUT2D eigenvalue weighted by Gasteiger charge is -2.24. The smallest absolute Gasteiger partial charge is 0.249 e. The number of hydrogen-bond acceptors (Lipinski definition) is 7. The van der Waals surface area contributed by atoms with Crippen molar-refractivity contribution in [2.45, 2.75) is 25.8 Å². The quantitative estimate of drug-likeness (QED) is 0.891. The molecule has 1 aliphatic heterocycles. The van der Waals surface area contributed by atoms with Crippen LogP contribution in [0.25, 0.3) is 0 Å². The largest absolute Gasteiger partial charge is 0.375 e. The highest BCUT2D eigenvalue weighted by Crippen LogP contribution is 2.32. The summed E-state index contributed by atoms with van der Waals surface area (Å²) in [5, 5.41) is 3.08. The number of rotatable bonds is 5. The number of aromatic nitrogens is 4. The Morgan fingerprint density at radius 2 is 2.17 bits per heavy atom. The average molecular weight is 328 g/mol. The van der Waals surface area contributed by atoms with Crippen molar-refractivity contribution in [2.24, 2.45) is 0 Å². The maximum absolute atomic E-state index is 12.2. The van der Waals surface area contributed by atoms with Gasteiger partial charge in [0.2, 0.25) is 11.9 Å². The van der Waals surface area contributed by atoms with E-state index in [0.717, 1.165) is 25.1 Å². The van der Waals surface area contributed by atoms with Crippen molar-refractivity contribution in [1.82, 2.24) is 24.8 Å². The summed E-state index contributed by atoms with van der Waals surface area (Å²) in [6.45, 7) is 2.64. The molecule has 3 heterocycles. The topological polar surface area (TPSA) is 93.1 Å². The molecule has 1 atom stereocenters. The molecule has 0 aromatic carbocycles. The lowest BCUT2D eigenvalue weighted by atomic mass is 10.1. The van der Waals surface area contributed by atoms with Gasteiger partial charge in [0.05, 0.1) is 11.7 Å². The molecule has 0 saturated carbocycles. The standard InChI is InChI=1S/C16H20N6O2/c1-11-19-12(13-5-3-8-22(13)15(23)10-24-2)9-14(20-11)21-16-17-6-4-7-18-16/h4,6-7,9,13H,3,5,8,10H2,1-2H3,(H,17,18,19,20,21)/t13-/m0/s1. The van der Waals surface area contributed by atoms with E-state index in [2.05, 4.69) is 25.3 Å². The Bertz CT molecular complexity index is 709. The summed E-state index contributed by atoms with van der Waals surface area (Å²) >= 11 is 0. The lowest BCUT2D eigenvalue weighted by Crippen LogP contribution is -2.33. The van der Waals surface area contributed by atoms with Crippen LogP contribution >= 0.6 is 0 Å². The summed E-state index contributed by atoms with van der Waals surface area (Å²) in [7, 11) is 1.53. The van der Waals surface area contributed by atoms with Crippen molar-refractivity contribution < 1.29 is 9.53 Å². The zero-order valence-electron chi connectivity index (χ0n) is 13.8. The van der Waals surface area contributed by atoms with Gasteiger partial charge < -0.3 is 15.0 Å². The highest BCUT2D eigenvalue weighted by atomic mass is 16.5. The summed E-state index contributed by atoms with van der Waals surface area (Å²) in [6.07, 6.45) is 5.15. The molecule has 2 aromatic rings. The monoisotopic (exact) mass is 328 g/mol. The molecule has 1 N–H and O–H groups in total. The van der Waals surface area contributed by atoms with Crippen molar-refractivity contribution in [3.63, 3.8) is 0 Å². The Balaban J connectivity index is 1.84. The van der Waals surface area contributed by atoms with Gasteiger partial charge in [-0.15, -0.1) is 0 Å². The molecule has 1 saturated heterocycles. The molecule has 0 spiro atoms. The Labute approximate surface area is 140 Å². The van der Waals surface area contributed by atoms with Gasteiger partial charge in [0.1, 0.15) is 18.2 Å². The molecule has 1 fully saturated rings. The van der Waals surface area contributed by atoms with Crippen molar-refractivity contribution >= 4 is 17.7 Å². The minimum atomic E-state index is -0.0495. The Morgan fingerprint density at radius 3 is 2.92 bits per heavy atom. The summed E-state index contributed by atoms with van der Waals surface area (Å²) in [4.78, 5) is 31.2. The normalized spacial score (nSPS) is 17.1. The molecule has 3 rings (SSSR count). The first-order valence-corrected chi connectivity index (χ1v) is 7.85. The molecule has 1 aliphatic rings. The molecule has 126 valence electrons. The van der Waals surface area contributed by atoms with Gasteiger partial charge in [-0.1, -0.05) is 0 Å². The van der Waals surface area contributed by atoms with Crippen LogP contribution in [0.2, 0.25) is 0 Å².